The Hall–Kier alpha value is -3.39. The van der Waals surface area contributed by atoms with Gasteiger partial charge in [-0.25, -0.2) is 9.59 Å². The van der Waals surface area contributed by atoms with Crippen molar-refractivity contribution in [2.24, 2.45) is 5.92 Å². The lowest BCUT2D eigenvalue weighted by molar-refractivity contribution is -0.161. The van der Waals surface area contributed by atoms with Gasteiger partial charge >= 0.3 is 12.1 Å². The fourth-order valence-corrected chi connectivity index (χ4v) is 5.33. The Labute approximate surface area is 191 Å². The number of nitrogens with one attached hydrogen (secondary N) is 1. The number of likely N-dealkylation sites (tertiary alicyclic amines) is 1. The summed E-state index contributed by atoms with van der Waals surface area (Å²) in [6.07, 6.45) is 0.133. The van der Waals surface area contributed by atoms with Crippen molar-refractivity contribution in [2.45, 2.75) is 24.4 Å². The number of benzene rings is 2. The molecule has 2 fully saturated rings. The van der Waals surface area contributed by atoms with Gasteiger partial charge in [0.1, 0.15) is 6.61 Å². The Bertz CT molecular complexity index is 1060. The second-order valence-electron chi connectivity index (χ2n) is 8.81. The molecule has 2 heterocycles. The van der Waals surface area contributed by atoms with Gasteiger partial charge < -0.3 is 24.8 Å². The van der Waals surface area contributed by atoms with Crippen LogP contribution in [0.4, 0.5) is 4.79 Å². The first-order valence-electron chi connectivity index (χ1n) is 11.2. The number of hydrogen-bond acceptors (Lipinski definition) is 5. The van der Waals surface area contributed by atoms with Crippen LogP contribution >= 0.6 is 0 Å². The molecule has 0 bridgehead atoms. The molecule has 2 unspecified atom stereocenters. The third kappa shape index (κ3) is 3.74. The Kier molecular flexibility index (Phi) is 5.54. The number of nitrogens with zero attached hydrogens (tertiary/aromatic N) is 1. The number of carbonyl (C=O) groups is 3. The molecule has 0 aromatic heterocycles. The number of aliphatic carboxylic acids is 1. The van der Waals surface area contributed by atoms with Crippen molar-refractivity contribution >= 4 is 18.0 Å². The molecule has 33 heavy (non-hydrogen) atoms. The summed E-state index contributed by atoms with van der Waals surface area (Å²) in [5, 5.41) is 12.2. The van der Waals surface area contributed by atoms with Gasteiger partial charge in [0.2, 0.25) is 5.91 Å². The summed E-state index contributed by atoms with van der Waals surface area (Å²) < 4.78 is 11.0. The van der Waals surface area contributed by atoms with Crippen LogP contribution in [0.2, 0.25) is 0 Å². The summed E-state index contributed by atoms with van der Waals surface area (Å²) in [6, 6.07) is 16.2. The highest BCUT2D eigenvalue weighted by atomic mass is 16.5. The zero-order valence-corrected chi connectivity index (χ0v) is 18.2. The van der Waals surface area contributed by atoms with Crippen LogP contribution in [-0.2, 0) is 19.1 Å². The van der Waals surface area contributed by atoms with Crippen molar-refractivity contribution in [1.82, 2.24) is 10.2 Å². The summed E-state index contributed by atoms with van der Waals surface area (Å²) in [5.74, 6) is -1.43. The van der Waals surface area contributed by atoms with Gasteiger partial charge in [-0.05, 0) is 28.7 Å². The molecule has 0 radical (unpaired) electrons. The van der Waals surface area contributed by atoms with Crippen LogP contribution in [0.5, 0.6) is 0 Å². The fourth-order valence-electron chi connectivity index (χ4n) is 5.33. The monoisotopic (exact) mass is 450 g/mol. The van der Waals surface area contributed by atoms with Gasteiger partial charge in [0.05, 0.1) is 6.54 Å². The first-order chi connectivity index (χ1) is 16.0. The average molecular weight is 450 g/mol. The van der Waals surface area contributed by atoms with Gasteiger partial charge in [0, 0.05) is 38.0 Å². The molecule has 2 aromatic carbocycles. The maximum Gasteiger partial charge on any atom is 0.407 e. The molecule has 3 aliphatic rings. The third-order valence-electron chi connectivity index (χ3n) is 7.02. The fraction of sp³-hybridized carbons (Fsp3) is 0.400. The Morgan fingerprint density at radius 2 is 1.76 bits per heavy atom. The lowest BCUT2D eigenvalue weighted by Gasteiger charge is -2.23. The highest BCUT2D eigenvalue weighted by molar-refractivity contribution is 5.83. The van der Waals surface area contributed by atoms with E-state index >= 15 is 0 Å². The van der Waals surface area contributed by atoms with E-state index in [1.54, 1.807) is 0 Å². The van der Waals surface area contributed by atoms with Crippen LogP contribution in [0, 0.1) is 5.92 Å². The second-order valence-corrected chi connectivity index (χ2v) is 8.81. The van der Waals surface area contributed by atoms with Gasteiger partial charge in [-0.2, -0.15) is 0 Å². The van der Waals surface area contributed by atoms with Gasteiger partial charge in [0.25, 0.3) is 0 Å². The number of carbonyl (C=O) groups excluding carboxylic acids is 2. The predicted molar refractivity (Wildman–Crippen MR) is 119 cm³/mol. The van der Waals surface area contributed by atoms with E-state index in [9.17, 15) is 19.5 Å². The predicted octanol–water partition coefficient (Wildman–Crippen LogP) is 2.62. The van der Waals surface area contributed by atoms with E-state index < -0.39 is 17.7 Å². The van der Waals surface area contributed by atoms with Crippen molar-refractivity contribution in [1.29, 1.82) is 0 Å². The minimum absolute atomic E-state index is 0.0269. The van der Waals surface area contributed by atoms with E-state index in [1.807, 2.05) is 24.3 Å². The number of ether oxygens (including phenoxy) is 2. The molecule has 2 aromatic rings. The van der Waals surface area contributed by atoms with Crippen LogP contribution in [0.25, 0.3) is 11.1 Å². The van der Waals surface area contributed by atoms with Crippen molar-refractivity contribution in [3.63, 3.8) is 0 Å². The highest BCUT2D eigenvalue weighted by Gasteiger charge is 2.57. The molecule has 2 saturated heterocycles. The largest absolute Gasteiger partial charge is 0.479 e. The quantitative estimate of drug-likeness (QED) is 0.701. The van der Waals surface area contributed by atoms with E-state index in [-0.39, 0.29) is 43.9 Å². The first-order valence-corrected chi connectivity index (χ1v) is 11.2. The smallest absolute Gasteiger partial charge is 0.407 e. The topological polar surface area (TPSA) is 105 Å². The standard InChI is InChI=1S/C25H26N2O6/c28-22(27-13-16-10-12-33-25(16,15-27)23(29)30)9-11-26-24(31)32-14-21-19-7-3-1-5-17(19)18-6-2-4-8-20(18)21/h1-8,16,21H,9-15H2,(H,26,31)(H,29,30). The molecule has 2 amide bonds. The highest BCUT2D eigenvalue weighted by Crippen LogP contribution is 2.44. The molecule has 2 N–H and O–H groups in total. The van der Waals surface area contributed by atoms with E-state index in [2.05, 4.69) is 29.6 Å². The number of alkyl carbamates (subject to hydrolysis) is 1. The Morgan fingerprint density at radius 3 is 2.39 bits per heavy atom. The maximum absolute atomic E-state index is 12.5. The molecule has 2 aliphatic heterocycles. The number of rotatable bonds is 6. The maximum atomic E-state index is 12.5. The van der Waals surface area contributed by atoms with Crippen LogP contribution < -0.4 is 5.32 Å². The third-order valence-corrected chi connectivity index (χ3v) is 7.02. The summed E-state index contributed by atoms with van der Waals surface area (Å²) in [7, 11) is 0. The van der Waals surface area contributed by atoms with Crippen LogP contribution in [0.3, 0.4) is 0 Å². The van der Waals surface area contributed by atoms with Crippen molar-refractivity contribution in [3.05, 3.63) is 59.7 Å². The molecule has 0 saturated carbocycles. The molecule has 1 aliphatic carbocycles. The number of amides is 2. The molecule has 8 nitrogen and oxygen atoms in total. The van der Waals surface area contributed by atoms with Crippen molar-refractivity contribution in [2.75, 3.05) is 32.8 Å². The average Bonchev–Trinajstić information content (AvgIpc) is 3.47. The van der Waals surface area contributed by atoms with E-state index in [1.165, 1.54) is 4.90 Å². The van der Waals surface area contributed by atoms with Crippen molar-refractivity contribution < 1.29 is 29.0 Å². The molecule has 0 spiro atoms. The normalized spacial score (nSPS) is 23.0. The molecule has 2 atom stereocenters. The summed E-state index contributed by atoms with van der Waals surface area (Å²) >= 11 is 0. The molecule has 5 rings (SSSR count). The van der Waals surface area contributed by atoms with Gasteiger partial charge in [-0.3, -0.25) is 4.79 Å². The van der Waals surface area contributed by atoms with E-state index in [0.717, 1.165) is 22.3 Å². The van der Waals surface area contributed by atoms with Gasteiger partial charge in [-0.15, -0.1) is 0 Å². The van der Waals surface area contributed by atoms with Crippen molar-refractivity contribution in [3.8, 4) is 11.1 Å². The second kappa shape index (κ2) is 8.51. The molecular formula is C25H26N2O6. The minimum atomic E-state index is -1.28. The lowest BCUT2D eigenvalue weighted by atomic mass is 9.91. The SMILES string of the molecule is O=C(NCCC(=O)N1CC2CCOC2(C(=O)O)C1)OCC1c2ccccc2-c2ccccc21. The summed E-state index contributed by atoms with van der Waals surface area (Å²) in [6.45, 7) is 1.16. The van der Waals surface area contributed by atoms with Crippen LogP contribution in [0.15, 0.2) is 48.5 Å². The van der Waals surface area contributed by atoms with Gasteiger partial charge in [-0.1, -0.05) is 48.5 Å². The molecular weight excluding hydrogens is 424 g/mol. The lowest BCUT2D eigenvalue weighted by Crippen LogP contribution is -2.46. The number of carboxylic acid groups (broad SMARTS) is 1. The number of fused-ring (bicyclic) bond motifs is 4. The Balaban J connectivity index is 1.11. The number of carboxylic acids is 1. The van der Waals surface area contributed by atoms with E-state index in [4.69, 9.17) is 9.47 Å². The van der Waals surface area contributed by atoms with Crippen LogP contribution in [-0.4, -0.2) is 66.4 Å². The van der Waals surface area contributed by atoms with Crippen LogP contribution in [0.1, 0.15) is 29.9 Å². The summed E-state index contributed by atoms with van der Waals surface area (Å²) in [5.41, 5.74) is 3.31. The Morgan fingerprint density at radius 1 is 1.09 bits per heavy atom. The molecule has 8 heteroatoms. The first kappa shape index (κ1) is 21.5. The minimum Gasteiger partial charge on any atom is -0.479 e. The summed E-state index contributed by atoms with van der Waals surface area (Å²) in [4.78, 5) is 38.0. The van der Waals surface area contributed by atoms with E-state index in [0.29, 0.717) is 19.6 Å². The zero-order valence-electron chi connectivity index (χ0n) is 18.2. The van der Waals surface area contributed by atoms with Gasteiger partial charge in [0.15, 0.2) is 5.60 Å². The zero-order chi connectivity index (χ0) is 23.0. The number of hydrogen-bond donors (Lipinski definition) is 2. The molecule has 172 valence electrons.